The van der Waals surface area contributed by atoms with Gasteiger partial charge in [-0.15, -0.1) is 5.10 Å². The molecule has 13 heavy (non-hydrogen) atoms. The molecule has 1 aliphatic carbocycles. The summed E-state index contributed by atoms with van der Waals surface area (Å²) in [5.41, 5.74) is 1.61. The third kappa shape index (κ3) is 1.88. The number of hydrogen-bond acceptors (Lipinski definition) is 3. The second-order valence-electron chi connectivity index (χ2n) is 4.09. The van der Waals surface area contributed by atoms with Crippen molar-refractivity contribution in [2.45, 2.75) is 19.3 Å². The molecule has 1 N–H and O–H groups in total. The second-order valence-corrected chi connectivity index (χ2v) is 4.09. The van der Waals surface area contributed by atoms with Crippen LogP contribution in [0.3, 0.4) is 0 Å². The lowest BCUT2D eigenvalue weighted by Gasteiger charge is -2.11. The van der Waals surface area contributed by atoms with Gasteiger partial charge in [0, 0.05) is 19.8 Å². The van der Waals surface area contributed by atoms with Crippen LogP contribution in [0.4, 0.5) is 0 Å². The lowest BCUT2D eigenvalue weighted by molar-refractivity contribution is 0.472. The normalized spacial score (nSPS) is 18.9. The standard InChI is InChI=1S/C9H16N4/c1-10-7-9(3-4-9)5-8-6-13(2)12-11-8/h6,10H,3-5,7H2,1-2H3. The van der Waals surface area contributed by atoms with E-state index in [-0.39, 0.29) is 0 Å². The van der Waals surface area contributed by atoms with Gasteiger partial charge in [0.05, 0.1) is 5.69 Å². The molecule has 1 fully saturated rings. The number of nitrogens with one attached hydrogen (secondary N) is 1. The average Bonchev–Trinajstić information content (AvgIpc) is 2.70. The van der Waals surface area contributed by atoms with Crippen LogP contribution in [-0.4, -0.2) is 28.6 Å². The molecule has 72 valence electrons. The number of aryl methyl sites for hydroxylation is 1. The van der Waals surface area contributed by atoms with E-state index in [0.29, 0.717) is 5.41 Å². The Hall–Kier alpha value is -0.900. The molecule has 1 aromatic heterocycles. The van der Waals surface area contributed by atoms with Gasteiger partial charge in [-0.3, -0.25) is 4.68 Å². The van der Waals surface area contributed by atoms with Gasteiger partial charge >= 0.3 is 0 Å². The van der Waals surface area contributed by atoms with Crippen molar-refractivity contribution in [1.82, 2.24) is 20.3 Å². The summed E-state index contributed by atoms with van der Waals surface area (Å²) in [6.45, 7) is 1.10. The Labute approximate surface area is 78.3 Å². The zero-order chi connectivity index (χ0) is 9.31. The number of hydrogen-bond donors (Lipinski definition) is 1. The molecule has 0 amide bonds. The van der Waals surface area contributed by atoms with E-state index >= 15 is 0 Å². The Balaban J connectivity index is 1.98. The highest BCUT2D eigenvalue weighted by molar-refractivity contribution is 5.05. The molecule has 0 radical (unpaired) electrons. The van der Waals surface area contributed by atoms with E-state index in [4.69, 9.17) is 0 Å². The van der Waals surface area contributed by atoms with E-state index < -0.39 is 0 Å². The maximum atomic E-state index is 4.11. The SMILES string of the molecule is CNCC1(Cc2cn(C)nn2)CC1. The number of aromatic nitrogens is 3. The van der Waals surface area contributed by atoms with Crippen LogP contribution in [0.25, 0.3) is 0 Å². The predicted molar refractivity (Wildman–Crippen MR) is 50.3 cm³/mol. The molecule has 0 atom stereocenters. The van der Waals surface area contributed by atoms with Crippen LogP contribution in [0.1, 0.15) is 18.5 Å². The molecule has 0 spiro atoms. The summed E-state index contributed by atoms with van der Waals surface area (Å²) in [5.74, 6) is 0. The predicted octanol–water partition coefficient (Wildman–Crippen LogP) is 0.357. The van der Waals surface area contributed by atoms with E-state index in [2.05, 4.69) is 15.6 Å². The third-order valence-electron chi connectivity index (χ3n) is 2.72. The fourth-order valence-corrected chi connectivity index (χ4v) is 1.83. The highest BCUT2D eigenvalue weighted by atomic mass is 15.4. The lowest BCUT2D eigenvalue weighted by atomic mass is 10.0. The molecule has 1 saturated carbocycles. The van der Waals surface area contributed by atoms with E-state index in [1.54, 1.807) is 4.68 Å². The Kier molecular flexibility index (Phi) is 2.07. The number of rotatable bonds is 4. The molecule has 0 bridgehead atoms. The molecule has 0 saturated heterocycles. The van der Waals surface area contributed by atoms with Gasteiger partial charge < -0.3 is 5.32 Å². The highest BCUT2D eigenvalue weighted by Crippen LogP contribution is 2.47. The molecule has 1 aromatic rings. The van der Waals surface area contributed by atoms with Crippen LogP contribution in [0.15, 0.2) is 6.20 Å². The van der Waals surface area contributed by atoms with E-state index in [9.17, 15) is 0 Å². The van der Waals surface area contributed by atoms with E-state index in [1.807, 2.05) is 20.3 Å². The van der Waals surface area contributed by atoms with Gasteiger partial charge in [0.1, 0.15) is 0 Å². The van der Waals surface area contributed by atoms with Crippen LogP contribution in [0.5, 0.6) is 0 Å². The maximum absolute atomic E-state index is 4.11. The van der Waals surface area contributed by atoms with Crippen LogP contribution in [-0.2, 0) is 13.5 Å². The van der Waals surface area contributed by atoms with Crippen molar-refractivity contribution in [3.05, 3.63) is 11.9 Å². The second kappa shape index (κ2) is 3.10. The fraction of sp³-hybridized carbons (Fsp3) is 0.778. The molecular weight excluding hydrogens is 164 g/mol. The zero-order valence-corrected chi connectivity index (χ0v) is 8.25. The summed E-state index contributed by atoms with van der Waals surface area (Å²) >= 11 is 0. The smallest absolute Gasteiger partial charge is 0.0833 e. The first-order chi connectivity index (χ1) is 6.24. The molecule has 4 nitrogen and oxygen atoms in total. The first kappa shape index (κ1) is 8.69. The molecule has 1 heterocycles. The Morgan fingerprint density at radius 1 is 1.62 bits per heavy atom. The van der Waals surface area contributed by atoms with Crippen LogP contribution >= 0.6 is 0 Å². The van der Waals surface area contributed by atoms with E-state index in [0.717, 1.165) is 18.7 Å². The minimum absolute atomic E-state index is 0.491. The van der Waals surface area contributed by atoms with Gasteiger partial charge in [0.2, 0.25) is 0 Å². The third-order valence-corrected chi connectivity index (χ3v) is 2.72. The summed E-state index contributed by atoms with van der Waals surface area (Å²) in [6, 6.07) is 0. The van der Waals surface area contributed by atoms with Crippen LogP contribution in [0, 0.1) is 5.41 Å². The fourth-order valence-electron chi connectivity index (χ4n) is 1.83. The molecular formula is C9H16N4. The van der Waals surface area contributed by atoms with Crippen molar-refractivity contribution in [1.29, 1.82) is 0 Å². The molecule has 0 unspecified atom stereocenters. The van der Waals surface area contributed by atoms with Crippen molar-refractivity contribution in [2.75, 3.05) is 13.6 Å². The van der Waals surface area contributed by atoms with Crippen molar-refractivity contribution >= 4 is 0 Å². The minimum atomic E-state index is 0.491. The monoisotopic (exact) mass is 180 g/mol. The topological polar surface area (TPSA) is 42.7 Å². The van der Waals surface area contributed by atoms with Crippen molar-refractivity contribution < 1.29 is 0 Å². The quantitative estimate of drug-likeness (QED) is 0.727. The molecule has 0 aromatic carbocycles. The summed E-state index contributed by atoms with van der Waals surface area (Å²) in [5, 5.41) is 11.3. The Bertz CT molecular complexity index is 288. The summed E-state index contributed by atoms with van der Waals surface area (Å²) in [4.78, 5) is 0. The number of nitrogens with zero attached hydrogens (tertiary/aromatic N) is 3. The van der Waals surface area contributed by atoms with Gasteiger partial charge in [-0.1, -0.05) is 5.21 Å². The van der Waals surface area contributed by atoms with Crippen molar-refractivity contribution in [3.63, 3.8) is 0 Å². The summed E-state index contributed by atoms with van der Waals surface area (Å²) < 4.78 is 1.77. The Morgan fingerprint density at radius 3 is 2.85 bits per heavy atom. The van der Waals surface area contributed by atoms with Crippen molar-refractivity contribution in [2.24, 2.45) is 12.5 Å². The van der Waals surface area contributed by atoms with Crippen LogP contribution in [0.2, 0.25) is 0 Å². The van der Waals surface area contributed by atoms with Gasteiger partial charge in [-0.05, 0) is 31.7 Å². The van der Waals surface area contributed by atoms with Crippen molar-refractivity contribution in [3.8, 4) is 0 Å². The van der Waals surface area contributed by atoms with E-state index in [1.165, 1.54) is 12.8 Å². The van der Waals surface area contributed by atoms with Gasteiger partial charge in [-0.2, -0.15) is 0 Å². The average molecular weight is 180 g/mol. The van der Waals surface area contributed by atoms with Gasteiger partial charge in [-0.25, -0.2) is 0 Å². The Morgan fingerprint density at radius 2 is 2.38 bits per heavy atom. The summed E-state index contributed by atoms with van der Waals surface area (Å²) in [6.07, 6.45) is 5.73. The minimum Gasteiger partial charge on any atom is -0.319 e. The van der Waals surface area contributed by atoms with Gasteiger partial charge in [0.15, 0.2) is 0 Å². The molecule has 0 aliphatic heterocycles. The zero-order valence-electron chi connectivity index (χ0n) is 8.25. The maximum Gasteiger partial charge on any atom is 0.0833 e. The summed E-state index contributed by atoms with van der Waals surface area (Å²) in [7, 11) is 3.92. The van der Waals surface area contributed by atoms with Crippen LogP contribution < -0.4 is 5.32 Å². The molecule has 2 rings (SSSR count). The first-order valence-electron chi connectivity index (χ1n) is 4.74. The first-order valence-corrected chi connectivity index (χ1v) is 4.74. The molecule has 4 heteroatoms. The van der Waals surface area contributed by atoms with Gasteiger partial charge in [0.25, 0.3) is 0 Å². The largest absolute Gasteiger partial charge is 0.319 e. The highest BCUT2D eigenvalue weighted by Gasteiger charge is 2.42. The lowest BCUT2D eigenvalue weighted by Crippen LogP contribution is -2.22. The molecule has 1 aliphatic rings.